The molecule has 0 saturated heterocycles. The Labute approximate surface area is 177 Å². The summed E-state index contributed by atoms with van der Waals surface area (Å²) in [4.78, 5) is 26.9. The number of sulfonamides is 1. The number of hydrogen-bond acceptors (Lipinski definition) is 8. The highest BCUT2D eigenvalue weighted by molar-refractivity contribution is 7.93. The van der Waals surface area contributed by atoms with E-state index in [0.717, 1.165) is 34.6 Å². The summed E-state index contributed by atoms with van der Waals surface area (Å²) in [6, 6.07) is 9.01. The third-order valence-corrected chi connectivity index (χ3v) is 6.47. The number of carboxylic acid groups (broad SMARTS) is 1. The lowest BCUT2D eigenvalue weighted by Gasteiger charge is -2.16. The maximum absolute atomic E-state index is 14.8. The molecule has 0 amide bonds. The van der Waals surface area contributed by atoms with Crippen molar-refractivity contribution in [3.63, 3.8) is 0 Å². The highest BCUT2D eigenvalue weighted by atomic mass is 32.2. The number of benzene rings is 2. The third-order valence-electron chi connectivity index (χ3n) is 4.40. The molecule has 0 saturated carbocycles. The van der Waals surface area contributed by atoms with Gasteiger partial charge < -0.3 is 9.52 Å². The SMILES string of the molecule is O=C(O)C[C@H](c1ccccc1)n1c(=O)oc2cc(S(=O)(=O)Nc3ncns3)c(F)cc21. The summed E-state index contributed by atoms with van der Waals surface area (Å²) in [6.45, 7) is 0. The second-order valence-corrected chi connectivity index (χ2v) is 8.80. The number of anilines is 1. The number of nitrogens with zero attached hydrogens (tertiary/aromatic N) is 3. The first-order chi connectivity index (χ1) is 14.8. The van der Waals surface area contributed by atoms with Crippen LogP contribution in [0.2, 0.25) is 0 Å². The Morgan fingerprint density at radius 1 is 1.29 bits per heavy atom. The third kappa shape index (κ3) is 4.04. The van der Waals surface area contributed by atoms with Crippen LogP contribution >= 0.6 is 11.5 Å². The zero-order valence-electron chi connectivity index (χ0n) is 15.4. The Bertz CT molecular complexity index is 1410. The molecule has 4 aromatic rings. The van der Waals surface area contributed by atoms with Gasteiger partial charge in [-0.25, -0.2) is 22.6 Å². The maximum atomic E-state index is 14.8. The second kappa shape index (κ2) is 7.92. The molecular formula is C18H13FN4O6S2. The second-order valence-electron chi connectivity index (χ2n) is 6.36. The van der Waals surface area contributed by atoms with E-state index in [2.05, 4.69) is 14.1 Å². The average molecular weight is 464 g/mol. The van der Waals surface area contributed by atoms with Crippen LogP contribution < -0.4 is 10.5 Å². The minimum absolute atomic E-state index is 0.0656. The van der Waals surface area contributed by atoms with Crippen LogP contribution in [0.5, 0.6) is 0 Å². The molecule has 0 unspecified atom stereocenters. The van der Waals surface area contributed by atoms with Crippen LogP contribution in [0.15, 0.2) is 62.9 Å². The van der Waals surface area contributed by atoms with Gasteiger partial charge in [0.2, 0.25) is 5.13 Å². The quantitative estimate of drug-likeness (QED) is 0.424. The predicted molar refractivity (Wildman–Crippen MR) is 108 cm³/mol. The van der Waals surface area contributed by atoms with Crippen molar-refractivity contribution in [2.45, 2.75) is 17.4 Å². The van der Waals surface area contributed by atoms with E-state index in [-0.39, 0.29) is 16.2 Å². The number of fused-ring (bicyclic) bond motifs is 1. The van der Waals surface area contributed by atoms with Crippen LogP contribution in [0.3, 0.4) is 0 Å². The first-order valence-corrected chi connectivity index (χ1v) is 10.9. The van der Waals surface area contributed by atoms with Gasteiger partial charge >= 0.3 is 11.7 Å². The fourth-order valence-electron chi connectivity index (χ4n) is 3.12. The maximum Gasteiger partial charge on any atom is 0.420 e. The molecule has 31 heavy (non-hydrogen) atoms. The number of halogens is 1. The molecule has 0 bridgehead atoms. The molecule has 0 aliphatic rings. The summed E-state index contributed by atoms with van der Waals surface area (Å²) in [5.74, 6) is -3.28. The van der Waals surface area contributed by atoms with Gasteiger partial charge in [-0.1, -0.05) is 30.3 Å². The smallest absolute Gasteiger partial charge is 0.420 e. The first kappa shape index (κ1) is 20.7. The molecule has 10 nitrogen and oxygen atoms in total. The highest BCUT2D eigenvalue weighted by Crippen LogP contribution is 2.29. The van der Waals surface area contributed by atoms with Gasteiger partial charge in [0, 0.05) is 23.7 Å². The van der Waals surface area contributed by atoms with E-state index >= 15 is 0 Å². The molecule has 0 radical (unpaired) electrons. The first-order valence-electron chi connectivity index (χ1n) is 8.67. The monoisotopic (exact) mass is 464 g/mol. The molecule has 0 aliphatic carbocycles. The Hall–Kier alpha value is -3.58. The lowest BCUT2D eigenvalue weighted by atomic mass is 10.0. The van der Waals surface area contributed by atoms with E-state index in [9.17, 15) is 27.5 Å². The van der Waals surface area contributed by atoms with Crippen molar-refractivity contribution in [3.8, 4) is 0 Å². The summed E-state index contributed by atoms with van der Waals surface area (Å²) in [6.07, 6.45) is 0.659. The van der Waals surface area contributed by atoms with Crippen molar-refractivity contribution >= 4 is 43.8 Å². The van der Waals surface area contributed by atoms with Gasteiger partial charge in [-0.05, 0) is 5.56 Å². The number of oxazole rings is 1. The van der Waals surface area contributed by atoms with Gasteiger partial charge in [-0.15, -0.1) is 0 Å². The topological polar surface area (TPSA) is 144 Å². The fourth-order valence-corrected chi connectivity index (χ4v) is 4.86. The standard InChI is InChI=1S/C18H13FN4O6S2/c19-11-6-13-14(8-15(11)31(27,28)22-17-20-9-21-30-17)29-18(26)23(13)12(7-16(24)25)10-4-2-1-3-5-10/h1-6,8-9,12H,7H2,(H,24,25)(H,20,21,22)/t12-/m1/s1. The van der Waals surface area contributed by atoms with Crippen LogP contribution in [0.4, 0.5) is 9.52 Å². The largest absolute Gasteiger partial charge is 0.481 e. The van der Waals surface area contributed by atoms with E-state index < -0.39 is 44.9 Å². The predicted octanol–water partition coefficient (Wildman–Crippen LogP) is 2.45. The molecule has 2 N–H and O–H groups in total. The minimum atomic E-state index is -4.38. The molecule has 13 heteroatoms. The van der Waals surface area contributed by atoms with E-state index in [1.807, 2.05) is 0 Å². The van der Waals surface area contributed by atoms with Crippen LogP contribution in [-0.4, -0.2) is 33.4 Å². The highest BCUT2D eigenvalue weighted by Gasteiger charge is 2.27. The lowest BCUT2D eigenvalue weighted by Crippen LogP contribution is -2.24. The lowest BCUT2D eigenvalue weighted by molar-refractivity contribution is -0.137. The molecular weight excluding hydrogens is 451 g/mol. The number of carbonyl (C=O) groups is 1. The molecule has 0 fully saturated rings. The zero-order valence-corrected chi connectivity index (χ0v) is 17.1. The molecule has 4 rings (SSSR count). The summed E-state index contributed by atoms with van der Waals surface area (Å²) < 4.78 is 51.8. The normalized spacial score (nSPS) is 12.7. The number of rotatable bonds is 7. The van der Waals surface area contributed by atoms with Crippen LogP contribution in [-0.2, 0) is 14.8 Å². The summed E-state index contributed by atoms with van der Waals surface area (Å²) in [5, 5.41) is 9.25. The summed E-state index contributed by atoms with van der Waals surface area (Å²) >= 11 is 0.761. The van der Waals surface area contributed by atoms with E-state index in [1.165, 1.54) is 0 Å². The Morgan fingerprint density at radius 2 is 2.03 bits per heavy atom. The molecule has 0 spiro atoms. The molecule has 2 aromatic carbocycles. The molecule has 2 aromatic heterocycles. The van der Waals surface area contributed by atoms with Crippen LogP contribution in [0, 0.1) is 5.82 Å². The summed E-state index contributed by atoms with van der Waals surface area (Å²) in [5.41, 5.74) is 0.201. The van der Waals surface area contributed by atoms with Gasteiger partial charge in [-0.2, -0.15) is 4.37 Å². The molecule has 0 aliphatic heterocycles. The number of aliphatic carboxylic acids is 1. The number of carboxylic acids is 1. The minimum Gasteiger partial charge on any atom is -0.481 e. The van der Waals surface area contributed by atoms with Crippen LogP contribution in [0.25, 0.3) is 11.1 Å². The van der Waals surface area contributed by atoms with E-state index in [1.54, 1.807) is 30.3 Å². The Kier molecular flexibility index (Phi) is 5.29. The van der Waals surface area contributed by atoms with Gasteiger partial charge in [0.05, 0.1) is 18.0 Å². The van der Waals surface area contributed by atoms with E-state index in [4.69, 9.17) is 4.42 Å². The van der Waals surface area contributed by atoms with Gasteiger partial charge in [-0.3, -0.25) is 14.1 Å². The van der Waals surface area contributed by atoms with Crippen molar-refractivity contribution < 1.29 is 27.1 Å². The molecule has 1 atom stereocenters. The number of nitrogens with one attached hydrogen (secondary N) is 1. The van der Waals surface area contributed by atoms with Crippen molar-refractivity contribution in [2.24, 2.45) is 0 Å². The van der Waals surface area contributed by atoms with Crippen molar-refractivity contribution in [2.75, 3.05) is 4.72 Å². The number of aromatic nitrogens is 3. The summed E-state index contributed by atoms with van der Waals surface area (Å²) in [7, 11) is -4.38. The molecule has 160 valence electrons. The fraction of sp³-hybridized carbons (Fsp3) is 0.111. The zero-order chi connectivity index (χ0) is 22.2. The van der Waals surface area contributed by atoms with Gasteiger partial charge in [0.15, 0.2) is 5.58 Å². The van der Waals surface area contributed by atoms with Crippen molar-refractivity contribution in [1.82, 2.24) is 13.9 Å². The number of hydrogen-bond donors (Lipinski definition) is 2. The average Bonchev–Trinajstić information content (AvgIpc) is 3.32. The van der Waals surface area contributed by atoms with Crippen molar-refractivity contribution in [1.29, 1.82) is 0 Å². The Balaban J connectivity index is 1.85. The van der Waals surface area contributed by atoms with Crippen LogP contribution in [0.1, 0.15) is 18.0 Å². The van der Waals surface area contributed by atoms with Gasteiger partial charge in [0.25, 0.3) is 10.0 Å². The Morgan fingerprint density at radius 3 is 2.68 bits per heavy atom. The van der Waals surface area contributed by atoms with Crippen molar-refractivity contribution in [3.05, 3.63) is 70.7 Å². The van der Waals surface area contributed by atoms with E-state index in [0.29, 0.717) is 5.56 Å². The van der Waals surface area contributed by atoms with Gasteiger partial charge in [0.1, 0.15) is 17.0 Å². The molecule has 2 heterocycles.